The fraction of sp³-hybridized carbons (Fsp3) is 1.00. The van der Waals surface area contributed by atoms with Gasteiger partial charge >= 0.3 is 0 Å². The number of rotatable bonds is 5. The van der Waals surface area contributed by atoms with Crippen LogP contribution in [-0.4, -0.2) is 30.9 Å². The first-order valence-corrected chi connectivity index (χ1v) is 4.44. The van der Waals surface area contributed by atoms with Crippen molar-refractivity contribution in [2.75, 3.05) is 26.0 Å². The molecule has 0 fully saturated rings. The van der Waals surface area contributed by atoms with Gasteiger partial charge in [-0.2, -0.15) is 0 Å². The van der Waals surface area contributed by atoms with E-state index >= 15 is 0 Å². The zero-order chi connectivity index (χ0) is 7.98. The molecular formula is C8H18ClN. The van der Waals surface area contributed by atoms with Crippen LogP contribution in [0.2, 0.25) is 0 Å². The number of nitrogens with zero attached hydrogens (tertiary/aromatic N) is 1. The minimum atomic E-state index is 0.745. The molecule has 0 saturated heterocycles. The van der Waals surface area contributed by atoms with E-state index in [1.807, 2.05) is 0 Å². The second-order valence-electron chi connectivity index (χ2n) is 3.17. The van der Waals surface area contributed by atoms with E-state index < -0.39 is 0 Å². The fourth-order valence-electron chi connectivity index (χ4n) is 0.735. The summed E-state index contributed by atoms with van der Waals surface area (Å²) in [6.45, 7) is 6.67. The van der Waals surface area contributed by atoms with Crippen molar-refractivity contribution < 1.29 is 0 Å². The molecular weight excluding hydrogens is 146 g/mol. The third-order valence-electron chi connectivity index (χ3n) is 1.55. The van der Waals surface area contributed by atoms with Crippen LogP contribution in [0.25, 0.3) is 0 Å². The summed E-state index contributed by atoms with van der Waals surface area (Å²) in [5, 5.41) is 0. The molecule has 0 aromatic carbocycles. The zero-order valence-corrected chi connectivity index (χ0v) is 7.99. The summed E-state index contributed by atoms with van der Waals surface area (Å²) in [5.74, 6) is 1.55. The van der Waals surface area contributed by atoms with Crippen LogP contribution in [0.5, 0.6) is 0 Å². The van der Waals surface area contributed by atoms with Crippen molar-refractivity contribution in [3.63, 3.8) is 0 Å². The molecule has 0 aliphatic carbocycles. The summed E-state index contributed by atoms with van der Waals surface area (Å²) in [6.07, 6.45) is 1.27. The van der Waals surface area contributed by atoms with Crippen LogP contribution >= 0.6 is 11.6 Å². The molecule has 0 aromatic rings. The van der Waals surface area contributed by atoms with Gasteiger partial charge in [-0.1, -0.05) is 13.8 Å². The molecule has 0 N–H and O–H groups in total. The third kappa shape index (κ3) is 6.37. The van der Waals surface area contributed by atoms with Gasteiger partial charge in [0.2, 0.25) is 0 Å². The van der Waals surface area contributed by atoms with Crippen LogP contribution in [0.4, 0.5) is 0 Å². The predicted octanol–water partition coefficient (Wildman–Crippen LogP) is 2.20. The van der Waals surface area contributed by atoms with E-state index in [2.05, 4.69) is 25.8 Å². The van der Waals surface area contributed by atoms with Gasteiger partial charge in [0.05, 0.1) is 0 Å². The molecule has 0 spiro atoms. The molecule has 10 heavy (non-hydrogen) atoms. The molecule has 0 aliphatic heterocycles. The maximum Gasteiger partial charge on any atom is 0.0351 e. The van der Waals surface area contributed by atoms with E-state index in [1.165, 1.54) is 13.0 Å². The van der Waals surface area contributed by atoms with Crippen molar-refractivity contribution in [2.45, 2.75) is 20.3 Å². The Balaban J connectivity index is 3.12. The van der Waals surface area contributed by atoms with Crippen LogP contribution < -0.4 is 0 Å². The molecule has 0 amide bonds. The first-order chi connectivity index (χ1) is 4.66. The van der Waals surface area contributed by atoms with Gasteiger partial charge < -0.3 is 4.90 Å². The zero-order valence-electron chi connectivity index (χ0n) is 7.23. The Kier molecular flexibility index (Phi) is 6.14. The first kappa shape index (κ1) is 10.2. The minimum Gasteiger partial charge on any atom is -0.305 e. The maximum atomic E-state index is 5.57. The third-order valence-corrected chi connectivity index (χ3v) is 1.72. The highest BCUT2D eigenvalue weighted by molar-refractivity contribution is 6.18. The van der Waals surface area contributed by atoms with Gasteiger partial charge in [0.15, 0.2) is 0 Å². The van der Waals surface area contributed by atoms with E-state index in [4.69, 9.17) is 11.6 Å². The van der Waals surface area contributed by atoms with Gasteiger partial charge in [0.1, 0.15) is 0 Å². The highest BCUT2D eigenvalue weighted by atomic mass is 35.5. The standard InChI is InChI=1S/C8H18ClN/c1-8(2)4-6-10(3)7-5-9/h8H,4-7H2,1-3H3. The predicted molar refractivity (Wildman–Crippen MR) is 47.7 cm³/mol. The smallest absolute Gasteiger partial charge is 0.0351 e. The second-order valence-corrected chi connectivity index (χ2v) is 3.55. The summed E-state index contributed by atoms with van der Waals surface area (Å²) in [6, 6.07) is 0. The molecule has 0 atom stereocenters. The van der Waals surface area contributed by atoms with Crippen molar-refractivity contribution >= 4 is 11.6 Å². The van der Waals surface area contributed by atoms with Crippen LogP contribution in [-0.2, 0) is 0 Å². The highest BCUT2D eigenvalue weighted by Crippen LogP contribution is 1.99. The molecule has 0 aromatic heterocycles. The number of hydrogen-bond donors (Lipinski definition) is 0. The second kappa shape index (κ2) is 5.99. The van der Waals surface area contributed by atoms with Crippen LogP contribution in [0.1, 0.15) is 20.3 Å². The van der Waals surface area contributed by atoms with E-state index in [1.54, 1.807) is 0 Å². The Morgan fingerprint density at radius 1 is 1.30 bits per heavy atom. The van der Waals surface area contributed by atoms with Gasteiger partial charge in [-0.25, -0.2) is 0 Å². The quantitative estimate of drug-likeness (QED) is 0.562. The lowest BCUT2D eigenvalue weighted by molar-refractivity contribution is 0.327. The lowest BCUT2D eigenvalue weighted by atomic mass is 10.1. The lowest BCUT2D eigenvalue weighted by Gasteiger charge is -2.15. The lowest BCUT2D eigenvalue weighted by Crippen LogP contribution is -2.22. The molecule has 2 heteroatoms. The fourth-order valence-corrected chi connectivity index (χ4v) is 1.02. The molecule has 0 bridgehead atoms. The Morgan fingerprint density at radius 3 is 2.30 bits per heavy atom. The van der Waals surface area contributed by atoms with E-state index in [-0.39, 0.29) is 0 Å². The Bertz CT molecular complexity index is 73.7. The average molecular weight is 164 g/mol. The van der Waals surface area contributed by atoms with Crippen molar-refractivity contribution in [1.29, 1.82) is 0 Å². The monoisotopic (exact) mass is 163 g/mol. The Hall–Kier alpha value is 0.250. The summed E-state index contributed by atoms with van der Waals surface area (Å²) in [4.78, 5) is 2.27. The molecule has 0 unspecified atom stereocenters. The van der Waals surface area contributed by atoms with Crippen molar-refractivity contribution in [3.05, 3.63) is 0 Å². The largest absolute Gasteiger partial charge is 0.305 e. The first-order valence-electron chi connectivity index (χ1n) is 3.91. The van der Waals surface area contributed by atoms with Crippen LogP contribution in [0, 0.1) is 5.92 Å². The van der Waals surface area contributed by atoms with Crippen molar-refractivity contribution in [3.8, 4) is 0 Å². The maximum absolute atomic E-state index is 5.57. The van der Waals surface area contributed by atoms with Crippen LogP contribution in [0.15, 0.2) is 0 Å². The molecule has 0 heterocycles. The molecule has 1 nitrogen and oxygen atoms in total. The SMILES string of the molecule is CC(C)CCN(C)CCCl. The summed E-state index contributed by atoms with van der Waals surface area (Å²) in [5.41, 5.74) is 0. The Morgan fingerprint density at radius 2 is 1.90 bits per heavy atom. The summed E-state index contributed by atoms with van der Waals surface area (Å²) in [7, 11) is 2.12. The van der Waals surface area contributed by atoms with E-state index in [9.17, 15) is 0 Å². The number of halogens is 1. The summed E-state index contributed by atoms with van der Waals surface area (Å²) < 4.78 is 0. The molecule has 0 rings (SSSR count). The van der Waals surface area contributed by atoms with Crippen molar-refractivity contribution in [2.24, 2.45) is 5.92 Å². The Labute approximate surface area is 69.4 Å². The normalized spacial score (nSPS) is 11.4. The van der Waals surface area contributed by atoms with Gasteiger partial charge in [-0.05, 0) is 25.9 Å². The van der Waals surface area contributed by atoms with E-state index in [0.717, 1.165) is 18.3 Å². The van der Waals surface area contributed by atoms with Gasteiger partial charge in [0, 0.05) is 12.4 Å². The topological polar surface area (TPSA) is 3.24 Å². The van der Waals surface area contributed by atoms with Crippen LogP contribution in [0.3, 0.4) is 0 Å². The highest BCUT2D eigenvalue weighted by Gasteiger charge is 1.98. The number of alkyl halides is 1. The van der Waals surface area contributed by atoms with Crippen molar-refractivity contribution in [1.82, 2.24) is 4.90 Å². The van der Waals surface area contributed by atoms with Gasteiger partial charge in [-0.15, -0.1) is 11.6 Å². The summed E-state index contributed by atoms with van der Waals surface area (Å²) >= 11 is 5.57. The number of hydrogen-bond acceptors (Lipinski definition) is 1. The van der Waals surface area contributed by atoms with Gasteiger partial charge in [0.25, 0.3) is 0 Å². The van der Waals surface area contributed by atoms with Gasteiger partial charge in [-0.3, -0.25) is 0 Å². The molecule has 62 valence electrons. The average Bonchev–Trinajstić information content (AvgIpc) is 1.85. The minimum absolute atomic E-state index is 0.745. The molecule has 0 saturated carbocycles. The van der Waals surface area contributed by atoms with E-state index in [0.29, 0.717) is 0 Å². The molecule has 0 radical (unpaired) electrons. The molecule has 0 aliphatic rings.